The predicted molar refractivity (Wildman–Crippen MR) is 107 cm³/mol. The lowest BCUT2D eigenvalue weighted by atomic mass is 9.78. The van der Waals surface area contributed by atoms with Crippen LogP contribution in [0.15, 0.2) is 23.8 Å². The largest absolute Gasteiger partial charge is 0.298 e. The van der Waals surface area contributed by atoms with Crippen molar-refractivity contribution < 1.29 is 0 Å². The maximum Gasteiger partial charge on any atom is 0.0332 e. The van der Waals surface area contributed by atoms with Crippen LogP contribution in [0.4, 0.5) is 0 Å². The van der Waals surface area contributed by atoms with Crippen LogP contribution in [0.25, 0.3) is 0 Å². The SMILES string of the molecule is CCCCC(=CC(C)C)C(C)(C)C=CC(C)(C)N(C)CCCC. The van der Waals surface area contributed by atoms with Gasteiger partial charge in [-0.3, -0.25) is 4.90 Å². The van der Waals surface area contributed by atoms with E-state index in [1.165, 1.54) is 38.6 Å². The Labute approximate surface area is 147 Å². The molecule has 0 unspecified atom stereocenters. The van der Waals surface area contributed by atoms with Gasteiger partial charge in [0, 0.05) is 11.0 Å². The summed E-state index contributed by atoms with van der Waals surface area (Å²) in [6.07, 6.45) is 13.6. The van der Waals surface area contributed by atoms with Crippen molar-refractivity contribution in [3.63, 3.8) is 0 Å². The van der Waals surface area contributed by atoms with Gasteiger partial charge in [-0.2, -0.15) is 0 Å². The first kappa shape index (κ1) is 22.4. The van der Waals surface area contributed by atoms with Gasteiger partial charge in [0.25, 0.3) is 0 Å². The molecule has 0 rings (SSSR count). The molecule has 0 heterocycles. The summed E-state index contributed by atoms with van der Waals surface area (Å²) >= 11 is 0. The molecule has 0 saturated carbocycles. The van der Waals surface area contributed by atoms with E-state index >= 15 is 0 Å². The lowest BCUT2D eigenvalue weighted by molar-refractivity contribution is 0.200. The molecule has 0 bridgehead atoms. The van der Waals surface area contributed by atoms with Crippen LogP contribution in [-0.4, -0.2) is 24.0 Å². The van der Waals surface area contributed by atoms with Gasteiger partial charge in [-0.15, -0.1) is 0 Å². The molecule has 0 aliphatic carbocycles. The van der Waals surface area contributed by atoms with Gasteiger partial charge in [-0.05, 0) is 52.6 Å². The molecule has 0 aliphatic rings. The normalized spacial score (nSPS) is 14.5. The minimum Gasteiger partial charge on any atom is -0.298 e. The van der Waals surface area contributed by atoms with E-state index in [1.54, 1.807) is 5.57 Å². The van der Waals surface area contributed by atoms with Crippen LogP contribution in [0.5, 0.6) is 0 Å². The maximum atomic E-state index is 2.48. The zero-order valence-electron chi connectivity index (χ0n) is 17.5. The Morgan fingerprint density at radius 2 is 1.52 bits per heavy atom. The molecule has 0 aromatic heterocycles. The van der Waals surface area contributed by atoms with Crippen LogP contribution in [0.2, 0.25) is 0 Å². The van der Waals surface area contributed by atoms with Gasteiger partial charge in [0.05, 0.1) is 0 Å². The molecule has 0 aromatic rings. The van der Waals surface area contributed by atoms with Crippen molar-refractivity contribution in [1.82, 2.24) is 4.90 Å². The lowest BCUT2D eigenvalue weighted by Crippen LogP contribution is -2.40. The smallest absolute Gasteiger partial charge is 0.0332 e. The highest BCUT2D eigenvalue weighted by atomic mass is 15.2. The van der Waals surface area contributed by atoms with E-state index in [2.05, 4.69) is 85.6 Å². The molecule has 0 atom stereocenters. The fourth-order valence-corrected chi connectivity index (χ4v) is 2.72. The van der Waals surface area contributed by atoms with Crippen LogP contribution in [0.1, 0.15) is 87.5 Å². The average Bonchev–Trinajstić information content (AvgIpc) is 2.46. The van der Waals surface area contributed by atoms with Crippen molar-refractivity contribution in [3.05, 3.63) is 23.8 Å². The minimum absolute atomic E-state index is 0.111. The Morgan fingerprint density at radius 1 is 0.957 bits per heavy atom. The summed E-state index contributed by atoms with van der Waals surface area (Å²) in [4.78, 5) is 2.47. The Kier molecular flexibility index (Phi) is 10.1. The van der Waals surface area contributed by atoms with Crippen molar-refractivity contribution >= 4 is 0 Å². The van der Waals surface area contributed by atoms with Crippen LogP contribution in [0.3, 0.4) is 0 Å². The summed E-state index contributed by atoms with van der Waals surface area (Å²) in [5.74, 6) is 0.620. The molecule has 23 heavy (non-hydrogen) atoms. The highest BCUT2D eigenvalue weighted by molar-refractivity contribution is 5.22. The molecule has 0 fully saturated rings. The Balaban J connectivity index is 5.15. The first-order chi connectivity index (χ1) is 10.6. The topological polar surface area (TPSA) is 3.24 Å². The van der Waals surface area contributed by atoms with E-state index in [9.17, 15) is 0 Å². The number of hydrogen-bond donors (Lipinski definition) is 0. The third kappa shape index (κ3) is 8.74. The Bertz CT molecular complexity index is 371. The van der Waals surface area contributed by atoms with E-state index < -0.39 is 0 Å². The first-order valence-corrected chi connectivity index (χ1v) is 9.69. The van der Waals surface area contributed by atoms with E-state index in [1.807, 2.05) is 0 Å². The fraction of sp³-hybridized carbons (Fsp3) is 0.818. The molecule has 1 heteroatoms. The Morgan fingerprint density at radius 3 is 2.00 bits per heavy atom. The minimum atomic E-state index is 0.111. The Hall–Kier alpha value is -0.560. The second-order valence-corrected chi connectivity index (χ2v) is 8.52. The molecule has 0 saturated heterocycles. The second kappa shape index (κ2) is 10.3. The lowest BCUT2D eigenvalue weighted by Gasteiger charge is -2.35. The van der Waals surface area contributed by atoms with E-state index in [0.717, 1.165) is 0 Å². The van der Waals surface area contributed by atoms with Gasteiger partial charge in [-0.1, -0.05) is 78.2 Å². The van der Waals surface area contributed by atoms with Crippen LogP contribution >= 0.6 is 0 Å². The molecule has 0 radical (unpaired) electrons. The van der Waals surface area contributed by atoms with Crippen molar-refractivity contribution in [2.75, 3.05) is 13.6 Å². The van der Waals surface area contributed by atoms with E-state index in [4.69, 9.17) is 0 Å². The molecule has 0 aliphatic heterocycles. The third-order valence-electron chi connectivity index (χ3n) is 4.90. The number of unbranched alkanes of at least 4 members (excludes halogenated alkanes) is 2. The predicted octanol–water partition coefficient (Wildman–Crippen LogP) is 6.85. The van der Waals surface area contributed by atoms with Crippen LogP contribution < -0.4 is 0 Å². The van der Waals surface area contributed by atoms with Gasteiger partial charge in [-0.25, -0.2) is 0 Å². The van der Waals surface area contributed by atoms with Crippen molar-refractivity contribution in [2.45, 2.75) is 93.0 Å². The van der Waals surface area contributed by atoms with Crippen LogP contribution in [0, 0.1) is 11.3 Å². The van der Waals surface area contributed by atoms with Gasteiger partial charge in [0.1, 0.15) is 0 Å². The van der Waals surface area contributed by atoms with Gasteiger partial charge < -0.3 is 0 Å². The molecule has 0 N–H and O–H groups in total. The van der Waals surface area contributed by atoms with Crippen molar-refractivity contribution in [1.29, 1.82) is 0 Å². The number of allylic oxidation sites excluding steroid dienone is 3. The number of likely N-dealkylation sites (N-methyl/N-ethyl adjacent to an activating group) is 1. The summed E-state index contributed by atoms with van der Waals surface area (Å²) < 4.78 is 0. The molecule has 0 aromatic carbocycles. The van der Waals surface area contributed by atoms with Crippen molar-refractivity contribution in [3.8, 4) is 0 Å². The first-order valence-electron chi connectivity index (χ1n) is 9.69. The van der Waals surface area contributed by atoms with Crippen LogP contribution in [-0.2, 0) is 0 Å². The monoisotopic (exact) mass is 321 g/mol. The fourth-order valence-electron chi connectivity index (χ4n) is 2.72. The van der Waals surface area contributed by atoms with Gasteiger partial charge >= 0.3 is 0 Å². The standard InChI is InChI=1S/C22H43N/c1-10-12-14-20(18-19(3)4)21(5,6)15-16-22(7,8)23(9)17-13-11-2/h15-16,18-19H,10-14,17H2,1-9H3. The molecule has 136 valence electrons. The highest BCUT2D eigenvalue weighted by Crippen LogP contribution is 2.34. The summed E-state index contributed by atoms with van der Waals surface area (Å²) in [5, 5.41) is 0. The van der Waals surface area contributed by atoms with Crippen molar-refractivity contribution in [2.24, 2.45) is 11.3 Å². The zero-order valence-corrected chi connectivity index (χ0v) is 17.5. The summed E-state index contributed by atoms with van der Waals surface area (Å²) in [5.41, 5.74) is 1.85. The van der Waals surface area contributed by atoms with Gasteiger partial charge in [0.2, 0.25) is 0 Å². The average molecular weight is 322 g/mol. The van der Waals surface area contributed by atoms with E-state index in [-0.39, 0.29) is 11.0 Å². The quantitative estimate of drug-likeness (QED) is 0.376. The summed E-state index contributed by atoms with van der Waals surface area (Å²) in [7, 11) is 2.24. The molecule has 0 amide bonds. The number of hydrogen-bond acceptors (Lipinski definition) is 1. The zero-order chi connectivity index (χ0) is 18.1. The molecular weight excluding hydrogens is 278 g/mol. The second-order valence-electron chi connectivity index (χ2n) is 8.52. The highest BCUT2D eigenvalue weighted by Gasteiger charge is 2.24. The summed E-state index contributed by atoms with van der Waals surface area (Å²) in [6, 6.07) is 0. The molecular formula is C22H43N. The number of rotatable bonds is 11. The van der Waals surface area contributed by atoms with Gasteiger partial charge in [0.15, 0.2) is 0 Å². The third-order valence-corrected chi connectivity index (χ3v) is 4.90. The maximum absolute atomic E-state index is 2.48. The molecule has 1 nitrogen and oxygen atoms in total. The number of nitrogens with zero attached hydrogens (tertiary/aromatic N) is 1. The molecule has 0 spiro atoms. The summed E-state index contributed by atoms with van der Waals surface area (Å²) in [6.45, 7) is 19.7. The van der Waals surface area contributed by atoms with E-state index in [0.29, 0.717) is 5.92 Å².